The fourth-order valence-electron chi connectivity index (χ4n) is 2.57. The number of hydrogen-bond acceptors (Lipinski definition) is 5. The summed E-state index contributed by atoms with van der Waals surface area (Å²) in [4.78, 5) is 23.9. The second kappa shape index (κ2) is 6.81. The first-order chi connectivity index (χ1) is 12.0. The van der Waals surface area contributed by atoms with Gasteiger partial charge in [-0.25, -0.2) is 4.79 Å². The highest BCUT2D eigenvalue weighted by Crippen LogP contribution is 2.35. The number of hydrogen-bond donors (Lipinski definition) is 0. The maximum Gasteiger partial charge on any atom is 0.346 e. The summed E-state index contributed by atoms with van der Waals surface area (Å²) in [6.45, 7) is 3.58. The van der Waals surface area contributed by atoms with Crippen molar-refractivity contribution in [2.24, 2.45) is 0 Å². The third-order valence-corrected chi connectivity index (χ3v) is 3.83. The molecule has 1 atom stereocenters. The molecule has 2 aromatic rings. The van der Waals surface area contributed by atoms with Gasteiger partial charge in [0.05, 0.1) is 12.7 Å². The van der Waals surface area contributed by atoms with Crippen LogP contribution in [0.1, 0.15) is 28.4 Å². The molecule has 0 amide bonds. The Morgan fingerprint density at radius 2 is 2.00 bits per heavy atom. The van der Waals surface area contributed by atoms with E-state index in [1.54, 1.807) is 31.2 Å². The van der Waals surface area contributed by atoms with E-state index in [4.69, 9.17) is 9.47 Å². The van der Waals surface area contributed by atoms with E-state index in [0.29, 0.717) is 17.1 Å². The van der Waals surface area contributed by atoms with Crippen LogP contribution >= 0.6 is 0 Å². The van der Waals surface area contributed by atoms with E-state index in [2.05, 4.69) is 4.74 Å². The van der Waals surface area contributed by atoms with Crippen LogP contribution in [0.15, 0.2) is 48.2 Å². The zero-order chi connectivity index (χ0) is 18.0. The number of rotatable bonds is 4. The molecule has 1 aliphatic rings. The Kier molecular flexibility index (Phi) is 4.57. The van der Waals surface area contributed by atoms with Gasteiger partial charge in [-0.2, -0.15) is 0 Å². The molecule has 25 heavy (non-hydrogen) atoms. The minimum absolute atomic E-state index is 0.177. The summed E-state index contributed by atoms with van der Waals surface area (Å²) in [6.07, 6.45) is 0.967. The van der Waals surface area contributed by atoms with Crippen molar-refractivity contribution in [2.75, 3.05) is 7.11 Å². The molecule has 5 heteroatoms. The third kappa shape index (κ3) is 3.55. The Balaban J connectivity index is 1.83. The van der Waals surface area contributed by atoms with Gasteiger partial charge in [-0.1, -0.05) is 29.8 Å². The molecule has 0 spiro atoms. The summed E-state index contributed by atoms with van der Waals surface area (Å²) in [7, 11) is 1.30. The quantitative estimate of drug-likeness (QED) is 0.630. The highest BCUT2D eigenvalue weighted by molar-refractivity contribution is 6.14. The predicted molar refractivity (Wildman–Crippen MR) is 92.7 cm³/mol. The molecule has 0 saturated carbocycles. The number of allylic oxidation sites excluding steroid dienone is 1. The lowest BCUT2D eigenvalue weighted by atomic mass is 10.1. The van der Waals surface area contributed by atoms with Crippen LogP contribution in [0.4, 0.5) is 0 Å². The minimum atomic E-state index is -0.748. The lowest BCUT2D eigenvalue weighted by molar-refractivity contribution is -0.147. The van der Waals surface area contributed by atoms with Crippen LogP contribution in [0, 0.1) is 6.92 Å². The van der Waals surface area contributed by atoms with E-state index in [1.807, 2.05) is 31.2 Å². The number of ether oxygens (including phenoxy) is 3. The van der Waals surface area contributed by atoms with E-state index in [-0.39, 0.29) is 11.5 Å². The van der Waals surface area contributed by atoms with Gasteiger partial charge < -0.3 is 14.2 Å². The molecule has 0 bridgehead atoms. The van der Waals surface area contributed by atoms with Crippen molar-refractivity contribution in [2.45, 2.75) is 20.0 Å². The predicted octanol–water partition coefficient (Wildman–Crippen LogP) is 3.55. The van der Waals surface area contributed by atoms with Crippen LogP contribution < -0.4 is 9.47 Å². The fourth-order valence-corrected chi connectivity index (χ4v) is 2.57. The van der Waals surface area contributed by atoms with Crippen LogP contribution in [0.3, 0.4) is 0 Å². The topological polar surface area (TPSA) is 61.8 Å². The Morgan fingerprint density at radius 3 is 2.72 bits per heavy atom. The fraction of sp³-hybridized carbons (Fsp3) is 0.200. The van der Waals surface area contributed by atoms with Gasteiger partial charge in [0.1, 0.15) is 11.5 Å². The largest absolute Gasteiger partial charge is 0.479 e. The van der Waals surface area contributed by atoms with Crippen molar-refractivity contribution in [3.63, 3.8) is 0 Å². The van der Waals surface area contributed by atoms with E-state index in [9.17, 15) is 9.59 Å². The van der Waals surface area contributed by atoms with Crippen molar-refractivity contribution in [3.05, 3.63) is 64.9 Å². The first kappa shape index (κ1) is 16.8. The second-order valence-corrected chi connectivity index (χ2v) is 5.80. The molecule has 1 heterocycles. The van der Waals surface area contributed by atoms with E-state index < -0.39 is 12.1 Å². The minimum Gasteiger partial charge on any atom is -0.479 e. The summed E-state index contributed by atoms with van der Waals surface area (Å²) >= 11 is 0. The van der Waals surface area contributed by atoms with Crippen molar-refractivity contribution < 1.29 is 23.8 Å². The molecule has 0 N–H and O–H groups in total. The number of methoxy groups -OCH3 is 1. The molecule has 0 radical (unpaired) electrons. The maximum atomic E-state index is 12.5. The molecular weight excluding hydrogens is 320 g/mol. The van der Waals surface area contributed by atoms with Gasteiger partial charge in [0.15, 0.2) is 11.9 Å². The second-order valence-electron chi connectivity index (χ2n) is 5.80. The summed E-state index contributed by atoms with van der Waals surface area (Å²) in [6, 6.07) is 12.7. The van der Waals surface area contributed by atoms with Crippen LogP contribution in [-0.4, -0.2) is 25.0 Å². The van der Waals surface area contributed by atoms with Crippen LogP contribution in [0.25, 0.3) is 6.08 Å². The number of ketones is 1. The zero-order valence-electron chi connectivity index (χ0n) is 14.2. The highest BCUT2D eigenvalue weighted by Gasteiger charge is 2.28. The van der Waals surface area contributed by atoms with Crippen molar-refractivity contribution in [1.29, 1.82) is 0 Å². The average molecular weight is 338 g/mol. The summed E-state index contributed by atoms with van der Waals surface area (Å²) < 4.78 is 15.8. The number of aryl methyl sites for hydroxylation is 1. The first-order valence-electron chi connectivity index (χ1n) is 7.87. The maximum absolute atomic E-state index is 12.5. The molecule has 5 nitrogen and oxygen atoms in total. The monoisotopic (exact) mass is 338 g/mol. The molecule has 2 aromatic carbocycles. The lowest BCUT2D eigenvalue weighted by Gasteiger charge is -2.12. The first-order valence-corrected chi connectivity index (χ1v) is 7.87. The van der Waals surface area contributed by atoms with Crippen LogP contribution in [0.2, 0.25) is 0 Å². The smallest absolute Gasteiger partial charge is 0.346 e. The van der Waals surface area contributed by atoms with Crippen molar-refractivity contribution in [3.8, 4) is 11.5 Å². The number of fused-ring (bicyclic) bond motifs is 1. The van der Waals surface area contributed by atoms with Gasteiger partial charge in [0, 0.05) is 6.07 Å². The van der Waals surface area contributed by atoms with E-state index in [1.165, 1.54) is 7.11 Å². The van der Waals surface area contributed by atoms with E-state index in [0.717, 1.165) is 11.1 Å². The Labute approximate surface area is 145 Å². The SMILES string of the molecule is COC(=O)[C@@H](C)Oc1ccc2c(c1)OC(=Cc1cccc(C)c1)C2=O. The Bertz CT molecular complexity index is 866. The molecular formula is C20H18O5. The summed E-state index contributed by atoms with van der Waals surface area (Å²) in [5.74, 6) is 0.458. The zero-order valence-corrected chi connectivity index (χ0v) is 14.2. The molecule has 128 valence electrons. The Morgan fingerprint density at radius 1 is 1.20 bits per heavy atom. The molecule has 1 aliphatic heterocycles. The third-order valence-electron chi connectivity index (χ3n) is 3.83. The number of esters is 1. The number of Topliss-reactive ketones (excluding diaryl/α,β-unsaturated/α-hetero) is 1. The average Bonchev–Trinajstić information content (AvgIpc) is 2.89. The standard InChI is InChI=1S/C20H18O5/c1-12-5-4-6-14(9-12)10-18-19(21)16-8-7-15(11-17(16)25-18)24-13(2)20(22)23-3/h4-11,13H,1-3H3/t13-/m1/s1. The van der Waals surface area contributed by atoms with Gasteiger partial charge in [-0.05, 0) is 37.6 Å². The normalized spacial score (nSPS) is 15.5. The van der Waals surface area contributed by atoms with Gasteiger partial charge >= 0.3 is 5.97 Å². The molecule has 0 aliphatic carbocycles. The molecule has 0 aromatic heterocycles. The lowest BCUT2D eigenvalue weighted by Crippen LogP contribution is -2.24. The Hall–Kier alpha value is -3.08. The van der Waals surface area contributed by atoms with Crippen LogP contribution in [-0.2, 0) is 9.53 Å². The van der Waals surface area contributed by atoms with Gasteiger partial charge in [-0.3, -0.25) is 4.79 Å². The summed E-state index contributed by atoms with van der Waals surface area (Å²) in [5, 5.41) is 0. The van der Waals surface area contributed by atoms with Gasteiger partial charge in [0.25, 0.3) is 0 Å². The van der Waals surface area contributed by atoms with Crippen LogP contribution in [0.5, 0.6) is 11.5 Å². The number of carbonyl (C=O) groups is 2. The highest BCUT2D eigenvalue weighted by atomic mass is 16.6. The molecule has 0 fully saturated rings. The van der Waals surface area contributed by atoms with Crippen molar-refractivity contribution >= 4 is 17.8 Å². The molecule has 3 rings (SSSR count). The molecule has 0 unspecified atom stereocenters. The number of benzene rings is 2. The van der Waals surface area contributed by atoms with Crippen molar-refractivity contribution in [1.82, 2.24) is 0 Å². The van der Waals surface area contributed by atoms with Gasteiger partial charge in [-0.15, -0.1) is 0 Å². The van der Waals surface area contributed by atoms with Gasteiger partial charge in [0.2, 0.25) is 5.78 Å². The summed E-state index contributed by atoms with van der Waals surface area (Å²) in [5.41, 5.74) is 2.47. The number of carbonyl (C=O) groups excluding carboxylic acids is 2. The molecule has 0 saturated heterocycles. The van der Waals surface area contributed by atoms with E-state index >= 15 is 0 Å².